The molecule has 2 aromatic rings. The fourth-order valence-electron chi connectivity index (χ4n) is 1.84. The van der Waals surface area contributed by atoms with E-state index in [9.17, 15) is 4.79 Å². The number of hydrogen-bond acceptors (Lipinski definition) is 5. The highest BCUT2D eigenvalue weighted by Crippen LogP contribution is 2.37. The number of aryl methyl sites for hydroxylation is 1. The van der Waals surface area contributed by atoms with Crippen LogP contribution in [0.5, 0.6) is 11.5 Å². The molecular formula is C13H13NO5. The van der Waals surface area contributed by atoms with Crippen LogP contribution in [0.1, 0.15) is 16.2 Å². The Hall–Kier alpha value is -2.50. The van der Waals surface area contributed by atoms with Crippen LogP contribution >= 0.6 is 0 Å². The molecule has 0 amide bonds. The van der Waals surface area contributed by atoms with Crippen LogP contribution in [0.15, 0.2) is 22.7 Å². The van der Waals surface area contributed by atoms with Crippen molar-refractivity contribution >= 4 is 5.97 Å². The minimum absolute atomic E-state index is 0.149. The summed E-state index contributed by atoms with van der Waals surface area (Å²) >= 11 is 0. The molecule has 6 heteroatoms. The molecule has 19 heavy (non-hydrogen) atoms. The van der Waals surface area contributed by atoms with Crippen LogP contribution in [-0.2, 0) is 0 Å². The van der Waals surface area contributed by atoms with Gasteiger partial charge in [-0.1, -0.05) is 5.16 Å². The van der Waals surface area contributed by atoms with Crippen LogP contribution in [0.4, 0.5) is 0 Å². The molecule has 0 spiro atoms. The Bertz CT molecular complexity index is 617. The molecule has 1 aromatic carbocycles. The number of carboxylic acids is 1. The normalized spacial score (nSPS) is 10.3. The number of rotatable bonds is 4. The van der Waals surface area contributed by atoms with Gasteiger partial charge in [-0.3, -0.25) is 0 Å². The fourth-order valence-corrected chi connectivity index (χ4v) is 1.84. The van der Waals surface area contributed by atoms with Gasteiger partial charge in [-0.15, -0.1) is 0 Å². The van der Waals surface area contributed by atoms with E-state index in [1.54, 1.807) is 25.1 Å². The van der Waals surface area contributed by atoms with Gasteiger partial charge in [-0.25, -0.2) is 4.79 Å². The number of aromatic carboxylic acids is 1. The van der Waals surface area contributed by atoms with Crippen molar-refractivity contribution in [3.63, 3.8) is 0 Å². The Balaban J connectivity index is 2.69. The van der Waals surface area contributed by atoms with Gasteiger partial charge in [0.05, 0.1) is 19.8 Å². The van der Waals surface area contributed by atoms with Crippen molar-refractivity contribution in [2.45, 2.75) is 6.92 Å². The molecule has 100 valence electrons. The SMILES string of the molecule is COc1ccc(OC)c(-c2c(C(=O)O)noc2C)c1. The molecule has 0 bridgehead atoms. The molecule has 0 unspecified atom stereocenters. The van der Waals surface area contributed by atoms with E-state index >= 15 is 0 Å². The maximum atomic E-state index is 11.2. The molecule has 0 aliphatic rings. The Morgan fingerprint density at radius 2 is 2.05 bits per heavy atom. The topological polar surface area (TPSA) is 81.8 Å². The van der Waals surface area contributed by atoms with Crippen molar-refractivity contribution in [1.29, 1.82) is 0 Å². The Labute approximate surface area is 109 Å². The highest BCUT2D eigenvalue weighted by molar-refractivity contribution is 5.95. The summed E-state index contributed by atoms with van der Waals surface area (Å²) in [6.45, 7) is 1.65. The molecule has 0 aliphatic heterocycles. The van der Waals surface area contributed by atoms with Gasteiger partial charge < -0.3 is 19.1 Å². The third kappa shape index (κ3) is 2.24. The molecule has 1 heterocycles. The highest BCUT2D eigenvalue weighted by atomic mass is 16.5. The molecule has 0 fully saturated rings. The second-order valence-corrected chi connectivity index (χ2v) is 3.83. The van der Waals surface area contributed by atoms with E-state index < -0.39 is 5.97 Å². The lowest BCUT2D eigenvalue weighted by Gasteiger charge is -2.10. The van der Waals surface area contributed by atoms with Gasteiger partial charge in [-0.05, 0) is 25.1 Å². The highest BCUT2D eigenvalue weighted by Gasteiger charge is 2.23. The predicted molar refractivity (Wildman–Crippen MR) is 66.7 cm³/mol. The van der Waals surface area contributed by atoms with Crippen molar-refractivity contribution in [2.24, 2.45) is 0 Å². The maximum Gasteiger partial charge on any atom is 0.358 e. The average molecular weight is 263 g/mol. The van der Waals surface area contributed by atoms with Crippen LogP contribution < -0.4 is 9.47 Å². The first-order valence-electron chi connectivity index (χ1n) is 5.50. The lowest BCUT2D eigenvalue weighted by atomic mass is 10.0. The summed E-state index contributed by atoms with van der Waals surface area (Å²) in [6.07, 6.45) is 0. The molecule has 0 aliphatic carbocycles. The number of hydrogen-bond donors (Lipinski definition) is 1. The fraction of sp³-hybridized carbons (Fsp3) is 0.231. The Morgan fingerprint density at radius 1 is 1.32 bits per heavy atom. The quantitative estimate of drug-likeness (QED) is 0.911. The van der Waals surface area contributed by atoms with Crippen molar-refractivity contribution in [2.75, 3.05) is 14.2 Å². The minimum Gasteiger partial charge on any atom is -0.497 e. The van der Waals surface area contributed by atoms with Crippen molar-refractivity contribution < 1.29 is 23.9 Å². The number of benzene rings is 1. The van der Waals surface area contributed by atoms with E-state index in [1.807, 2.05) is 0 Å². The predicted octanol–water partition coefficient (Wildman–Crippen LogP) is 2.37. The van der Waals surface area contributed by atoms with Gasteiger partial charge in [0.1, 0.15) is 17.3 Å². The third-order valence-corrected chi connectivity index (χ3v) is 2.74. The summed E-state index contributed by atoms with van der Waals surface area (Å²) in [5.74, 6) is 0.364. The van der Waals surface area contributed by atoms with Crippen molar-refractivity contribution in [1.82, 2.24) is 5.16 Å². The number of carbonyl (C=O) groups is 1. The van der Waals surface area contributed by atoms with E-state index in [0.717, 1.165) is 0 Å². The second-order valence-electron chi connectivity index (χ2n) is 3.83. The van der Waals surface area contributed by atoms with Gasteiger partial charge in [0.2, 0.25) is 0 Å². The van der Waals surface area contributed by atoms with Crippen LogP contribution in [0.25, 0.3) is 11.1 Å². The van der Waals surface area contributed by atoms with Gasteiger partial charge in [-0.2, -0.15) is 0 Å². The minimum atomic E-state index is -1.16. The molecule has 6 nitrogen and oxygen atoms in total. The van der Waals surface area contributed by atoms with Gasteiger partial charge in [0, 0.05) is 5.56 Å². The van der Waals surface area contributed by atoms with Crippen molar-refractivity contribution in [3.8, 4) is 22.6 Å². The maximum absolute atomic E-state index is 11.2. The largest absolute Gasteiger partial charge is 0.497 e. The molecule has 0 radical (unpaired) electrons. The molecule has 0 atom stereocenters. The zero-order valence-electron chi connectivity index (χ0n) is 10.8. The molecule has 0 saturated heterocycles. The number of methoxy groups -OCH3 is 2. The first-order valence-corrected chi connectivity index (χ1v) is 5.50. The molecule has 1 N–H and O–H groups in total. The van der Waals surface area contributed by atoms with Gasteiger partial charge in [0.25, 0.3) is 0 Å². The molecule has 2 rings (SSSR count). The third-order valence-electron chi connectivity index (χ3n) is 2.74. The number of nitrogens with zero attached hydrogens (tertiary/aromatic N) is 1. The van der Waals surface area contributed by atoms with Gasteiger partial charge in [0.15, 0.2) is 5.69 Å². The zero-order valence-corrected chi connectivity index (χ0v) is 10.8. The summed E-state index contributed by atoms with van der Waals surface area (Å²) in [4.78, 5) is 11.2. The van der Waals surface area contributed by atoms with Crippen LogP contribution in [0.3, 0.4) is 0 Å². The van der Waals surface area contributed by atoms with E-state index in [0.29, 0.717) is 28.4 Å². The monoisotopic (exact) mass is 263 g/mol. The zero-order chi connectivity index (χ0) is 14.0. The standard InChI is InChI=1S/C13H13NO5/c1-7-11(12(13(15)16)14-19-7)9-6-8(17-2)4-5-10(9)18-3/h4-6H,1-3H3,(H,15,16). The van der Waals surface area contributed by atoms with Crippen LogP contribution in [0.2, 0.25) is 0 Å². The average Bonchev–Trinajstić information content (AvgIpc) is 2.80. The number of ether oxygens (including phenoxy) is 2. The Morgan fingerprint density at radius 3 is 2.63 bits per heavy atom. The van der Waals surface area contributed by atoms with Gasteiger partial charge >= 0.3 is 5.97 Å². The van der Waals surface area contributed by atoms with E-state index in [-0.39, 0.29) is 5.69 Å². The smallest absolute Gasteiger partial charge is 0.358 e. The van der Waals surface area contributed by atoms with Crippen molar-refractivity contribution in [3.05, 3.63) is 29.7 Å². The molecule has 0 saturated carbocycles. The number of aromatic nitrogens is 1. The first-order chi connectivity index (χ1) is 9.08. The summed E-state index contributed by atoms with van der Waals surface area (Å²) < 4.78 is 15.3. The summed E-state index contributed by atoms with van der Waals surface area (Å²) in [5.41, 5.74) is 0.810. The second kappa shape index (κ2) is 5.01. The van der Waals surface area contributed by atoms with Crippen LogP contribution in [-0.4, -0.2) is 30.5 Å². The summed E-state index contributed by atoms with van der Waals surface area (Å²) in [6, 6.07) is 5.11. The lowest BCUT2D eigenvalue weighted by Crippen LogP contribution is -2.00. The number of carboxylic acid groups (broad SMARTS) is 1. The van der Waals surface area contributed by atoms with E-state index in [2.05, 4.69) is 5.16 Å². The van der Waals surface area contributed by atoms with Crippen LogP contribution in [0, 0.1) is 6.92 Å². The van der Waals surface area contributed by atoms with E-state index in [1.165, 1.54) is 14.2 Å². The molecule has 1 aromatic heterocycles. The van der Waals surface area contributed by atoms with E-state index in [4.69, 9.17) is 19.1 Å². The lowest BCUT2D eigenvalue weighted by molar-refractivity contribution is 0.0686. The first kappa shape index (κ1) is 12.9. The summed E-state index contributed by atoms with van der Waals surface area (Å²) in [5, 5.41) is 12.7. The molecular weight excluding hydrogens is 250 g/mol. The Kier molecular flexibility index (Phi) is 3.41. The summed E-state index contributed by atoms with van der Waals surface area (Å²) in [7, 11) is 3.04.